The molecule has 31 heavy (non-hydrogen) atoms. The normalized spacial score (nSPS) is 10.4. The number of carbonyl (C=O) groups excluding carboxylic acids is 1. The van der Waals surface area contributed by atoms with Gasteiger partial charge in [0.05, 0.1) is 22.6 Å². The van der Waals surface area contributed by atoms with E-state index in [9.17, 15) is 9.59 Å². The fraction of sp³-hybridized carbons (Fsp3) is 0.227. The van der Waals surface area contributed by atoms with Gasteiger partial charge in [-0.05, 0) is 24.1 Å². The van der Waals surface area contributed by atoms with Crippen LogP contribution in [0.5, 0.6) is 5.75 Å². The van der Waals surface area contributed by atoms with Crippen molar-refractivity contribution >= 4 is 23.5 Å². The molecule has 0 spiro atoms. The van der Waals surface area contributed by atoms with Gasteiger partial charge in [-0.25, -0.2) is 14.6 Å². The Kier molecular flexibility index (Phi) is 7.83. The first kappa shape index (κ1) is 22.1. The molecule has 3 N–H and O–H groups in total. The molecule has 162 valence electrons. The lowest BCUT2D eigenvalue weighted by molar-refractivity contribution is 0.137. The monoisotopic (exact) mass is 441 g/mol. The summed E-state index contributed by atoms with van der Waals surface area (Å²) in [7, 11) is 0. The predicted molar refractivity (Wildman–Crippen MR) is 117 cm³/mol. The number of hydrogen-bond acceptors (Lipinski definition) is 6. The number of nitrogens with one attached hydrogen (secondary N) is 2. The van der Waals surface area contributed by atoms with E-state index in [0.29, 0.717) is 11.3 Å². The van der Waals surface area contributed by atoms with Gasteiger partial charge in [-0.2, -0.15) is 0 Å². The molecule has 9 heteroatoms. The van der Waals surface area contributed by atoms with Crippen LogP contribution in [0.25, 0.3) is 10.4 Å². The van der Waals surface area contributed by atoms with Crippen LogP contribution in [0.4, 0.5) is 9.59 Å². The van der Waals surface area contributed by atoms with E-state index in [-0.39, 0.29) is 26.3 Å². The summed E-state index contributed by atoms with van der Waals surface area (Å²) in [6, 6.07) is 15.0. The molecule has 2 amide bonds. The molecule has 0 bridgehead atoms. The summed E-state index contributed by atoms with van der Waals surface area (Å²) in [5.41, 5.74) is 5.22. The second kappa shape index (κ2) is 11.0. The number of benzene rings is 2. The number of alkyl carbamates (subject to hydrolysis) is 1. The van der Waals surface area contributed by atoms with Crippen LogP contribution in [-0.2, 0) is 17.9 Å². The van der Waals surface area contributed by atoms with Gasteiger partial charge in [0.15, 0.2) is 0 Å². The van der Waals surface area contributed by atoms with Crippen molar-refractivity contribution in [3.8, 4) is 16.2 Å². The molecule has 0 atom stereocenters. The Bertz CT molecular complexity index is 1020. The number of rotatable bonds is 9. The molecule has 0 aliphatic rings. The molecule has 3 rings (SSSR count). The number of carbonyl (C=O) groups is 2. The molecule has 0 unspecified atom stereocenters. The molecular weight excluding hydrogens is 418 g/mol. The molecule has 0 saturated heterocycles. The fourth-order valence-electron chi connectivity index (χ4n) is 2.81. The Morgan fingerprint density at radius 3 is 2.65 bits per heavy atom. The van der Waals surface area contributed by atoms with Crippen LogP contribution in [0.15, 0.2) is 54.0 Å². The Morgan fingerprint density at radius 1 is 1.13 bits per heavy atom. The quantitative estimate of drug-likeness (QED) is 0.430. The van der Waals surface area contributed by atoms with Crippen LogP contribution in [0.1, 0.15) is 16.8 Å². The third-order valence-electron chi connectivity index (χ3n) is 4.35. The topological polar surface area (TPSA) is 110 Å². The van der Waals surface area contributed by atoms with Crippen molar-refractivity contribution in [3.05, 3.63) is 70.9 Å². The fourth-order valence-corrected chi connectivity index (χ4v) is 3.62. The van der Waals surface area contributed by atoms with Crippen LogP contribution >= 0.6 is 11.3 Å². The highest BCUT2D eigenvalue weighted by Crippen LogP contribution is 2.32. The maximum absolute atomic E-state index is 11.8. The first-order valence-corrected chi connectivity index (χ1v) is 10.5. The average molecular weight is 442 g/mol. The van der Waals surface area contributed by atoms with Crippen molar-refractivity contribution in [2.24, 2.45) is 0 Å². The summed E-state index contributed by atoms with van der Waals surface area (Å²) in [5, 5.41) is 13.9. The zero-order valence-electron chi connectivity index (χ0n) is 17.0. The SMILES string of the molecule is Cc1ncsc1-c1ccc(CNC(=O)O)c(OCCNC(=O)OCc2ccccc2)c1. The summed E-state index contributed by atoms with van der Waals surface area (Å²) in [6.07, 6.45) is -1.65. The summed E-state index contributed by atoms with van der Waals surface area (Å²) < 4.78 is 11.0. The maximum atomic E-state index is 11.8. The minimum atomic E-state index is -1.11. The number of aryl methyl sites for hydroxylation is 1. The van der Waals surface area contributed by atoms with Crippen LogP contribution in [0, 0.1) is 6.92 Å². The molecule has 3 aromatic rings. The molecule has 1 aromatic heterocycles. The van der Waals surface area contributed by atoms with Crippen LogP contribution < -0.4 is 15.4 Å². The summed E-state index contributed by atoms with van der Waals surface area (Å²) in [4.78, 5) is 28.0. The standard InChI is InChI=1S/C22H23N3O5S/c1-15-20(31-14-25-15)17-7-8-18(12-24-21(26)27)19(11-17)29-10-9-23-22(28)30-13-16-5-3-2-4-6-16/h2-8,11,14,24H,9-10,12-13H2,1H3,(H,23,28)(H,26,27). The van der Waals surface area contributed by atoms with Gasteiger partial charge < -0.3 is 25.2 Å². The zero-order valence-corrected chi connectivity index (χ0v) is 17.8. The molecular formula is C22H23N3O5S. The van der Waals surface area contributed by atoms with E-state index in [4.69, 9.17) is 14.6 Å². The minimum absolute atomic E-state index is 0.110. The highest BCUT2D eigenvalue weighted by molar-refractivity contribution is 7.13. The van der Waals surface area contributed by atoms with Crippen LogP contribution in [0.2, 0.25) is 0 Å². The molecule has 0 aliphatic heterocycles. The highest BCUT2D eigenvalue weighted by Gasteiger charge is 2.11. The van der Waals surface area contributed by atoms with Crippen molar-refractivity contribution in [3.63, 3.8) is 0 Å². The molecule has 8 nitrogen and oxygen atoms in total. The number of hydrogen-bond donors (Lipinski definition) is 3. The number of aromatic nitrogens is 1. The largest absolute Gasteiger partial charge is 0.491 e. The van der Waals surface area contributed by atoms with E-state index in [1.54, 1.807) is 5.51 Å². The van der Waals surface area contributed by atoms with Crippen molar-refractivity contribution in [1.29, 1.82) is 0 Å². The van der Waals surface area contributed by atoms with Gasteiger partial charge in [-0.3, -0.25) is 0 Å². The number of nitrogens with zero attached hydrogens (tertiary/aromatic N) is 1. The second-order valence-electron chi connectivity index (χ2n) is 6.59. The van der Waals surface area contributed by atoms with E-state index < -0.39 is 12.2 Å². The third-order valence-corrected chi connectivity index (χ3v) is 5.32. The zero-order chi connectivity index (χ0) is 22.1. The number of amides is 2. The van der Waals surface area contributed by atoms with Crippen molar-refractivity contribution in [2.45, 2.75) is 20.1 Å². The van der Waals surface area contributed by atoms with E-state index in [1.165, 1.54) is 11.3 Å². The lowest BCUT2D eigenvalue weighted by atomic mass is 10.1. The van der Waals surface area contributed by atoms with E-state index >= 15 is 0 Å². The van der Waals surface area contributed by atoms with Crippen LogP contribution in [-0.4, -0.2) is 35.4 Å². The van der Waals surface area contributed by atoms with E-state index in [1.807, 2.05) is 55.5 Å². The Hall–Kier alpha value is -3.59. The van der Waals surface area contributed by atoms with Gasteiger partial charge in [0.2, 0.25) is 0 Å². The smallest absolute Gasteiger partial charge is 0.407 e. The Balaban J connectivity index is 1.56. The third kappa shape index (κ3) is 6.71. The minimum Gasteiger partial charge on any atom is -0.491 e. The molecule has 1 heterocycles. The molecule has 0 radical (unpaired) electrons. The molecule has 0 aliphatic carbocycles. The summed E-state index contributed by atoms with van der Waals surface area (Å²) in [6.45, 7) is 2.67. The van der Waals surface area contributed by atoms with Gasteiger partial charge >= 0.3 is 12.2 Å². The van der Waals surface area contributed by atoms with Gasteiger partial charge in [-0.15, -0.1) is 11.3 Å². The molecule has 0 saturated carbocycles. The van der Waals surface area contributed by atoms with Crippen LogP contribution in [0.3, 0.4) is 0 Å². The van der Waals surface area contributed by atoms with Crippen molar-refractivity contribution in [1.82, 2.24) is 15.6 Å². The average Bonchev–Trinajstić information content (AvgIpc) is 3.20. The maximum Gasteiger partial charge on any atom is 0.407 e. The number of thiazole rings is 1. The van der Waals surface area contributed by atoms with Crippen molar-refractivity contribution < 1.29 is 24.2 Å². The Morgan fingerprint density at radius 2 is 1.94 bits per heavy atom. The molecule has 0 fully saturated rings. The van der Waals surface area contributed by atoms with E-state index in [0.717, 1.165) is 21.7 Å². The van der Waals surface area contributed by atoms with Gasteiger partial charge in [0.1, 0.15) is 19.0 Å². The lowest BCUT2D eigenvalue weighted by Crippen LogP contribution is -2.29. The first-order chi connectivity index (χ1) is 15.0. The first-order valence-electron chi connectivity index (χ1n) is 9.60. The lowest BCUT2D eigenvalue weighted by Gasteiger charge is -2.14. The van der Waals surface area contributed by atoms with Gasteiger partial charge in [-0.1, -0.05) is 42.5 Å². The summed E-state index contributed by atoms with van der Waals surface area (Å²) in [5.74, 6) is 0.540. The molecule has 2 aromatic carbocycles. The number of carboxylic acid groups (broad SMARTS) is 1. The highest BCUT2D eigenvalue weighted by atomic mass is 32.1. The van der Waals surface area contributed by atoms with Gasteiger partial charge in [0, 0.05) is 12.1 Å². The summed E-state index contributed by atoms with van der Waals surface area (Å²) >= 11 is 1.52. The number of ether oxygens (including phenoxy) is 2. The Labute approximate surface area is 183 Å². The van der Waals surface area contributed by atoms with Crippen molar-refractivity contribution in [2.75, 3.05) is 13.2 Å². The second-order valence-corrected chi connectivity index (χ2v) is 7.44. The van der Waals surface area contributed by atoms with E-state index in [2.05, 4.69) is 15.6 Å². The predicted octanol–water partition coefficient (Wildman–Crippen LogP) is 4.19. The van der Waals surface area contributed by atoms with Gasteiger partial charge in [0.25, 0.3) is 0 Å².